The van der Waals surface area contributed by atoms with E-state index in [1.54, 1.807) is 24.8 Å². The minimum atomic E-state index is -0.947. The molecule has 0 saturated carbocycles. The van der Waals surface area contributed by atoms with Crippen LogP contribution in [0.3, 0.4) is 0 Å². The maximum Gasteiger partial charge on any atom is 0.239 e. The van der Waals surface area contributed by atoms with Crippen LogP contribution in [0.5, 0.6) is 11.8 Å². The Morgan fingerprint density at radius 2 is 2.02 bits per heavy atom. The summed E-state index contributed by atoms with van der Waals surface area (Å²) in [6.45, 7) is 6.73. The van der Waals surface area contributed by atoms with Gasteiger partial charge in [-0.15, -0.1) is 0 Å². The number of aromatic nitrogens is 3. The number of pyridine rings is 3. The van der Waals surface area contributed by atoms with Gasteiger partial charge in [0.05, 0.1) is 28.2 Å². The summed E-state index contributed by atoms with van der Waals surface area (Å²) in [6.07, 6.45) is 1.43. The zero-order valence-electron chi connectivity index (χ0n) is 25.9. The summed E-state index contributed by atoms with van der Waals surface area (Å²) in [4.78, 5) is 30.0. The SMILES string of the molecule is CCc1c(F)ccc2nc(N)cc(-c3nc4c5c(cc(OC[C@@]67CCCN6C[C@H](F)C7)nc5c3F)N([C@H](C)C(N)=O)[C@@H](C)CO4)c12. The molecule has 0 bridgehead atoms. The number of hydrogen-bond acceptors (Lipinski definition) is 9. The van der Waals surface area contributed by atoms with Crippen molar-refractivity contribution in [3.05, 3.63) is 41.5 Å². The molecule has 0 radical (unpaired) electrons. The van der Waals surface area contributed by atoms with Gasteiger partial charge in [0, 0.05) is 30.0 Å². The fourth-order valence-electron chi connectivity index (χ4n) is 7.59. The van der Waals surface area contributed by atoms with Crippen molar-refractivity contribution in [1.29, 1.82) is 0 Å². The summed E-state index contributed by atoms with van der Waals surface area (Å²) >= 11 is 0. The number of aryl methyl sites for hydroxylation is 1. The fourth-order valence-corrected chi connectivity index (χ4v) is 7.59. The predicted molar refractivity (Wildman–Crippen MR) is 169 cm³/mol. The fraction of sp³-hybridized carbons (Fsp3) is 0.455. The van der Waals surface area contributed by atoms with E-state index in [2.05, 4.69) is 19.9 Å². The van der Waals surface area contributed by atoms with Crippen LogP contribution in [0.25, 0.3) is 33.1 Å². The molecule has 2 saturated heterocycles. The third-order valence-electron chi connectivity index (χ3n) is 9.76. The Labute approximate surface area is 263 Å². The maximum atomic E-state index is 17.0. The van der Waals surface area contributed by atoms with Crippen LogP contribution >= 0.6 is 0 Å². The van der Waals surface area contributed by atoms with Crippen molar-refractivity contribution in [2.75, 3.05) is 36.9 Å². The number of carbonyl (C=O) groups is 1. The van der Waals surface area contributed by atoms with Gasteiger partial charge < -0.3 is 25.8 Å². The lowest BCUT2D eigenvalue weighted by molar-refractivity contribution is -0.119. The first-order valence-corrected chi connectivity index (χ1v) is 15.7. The standard InChI is InChI=1S/C33H36F3N7O3/c1-4-19-21(35)6-7-22-26(19)20(10-24(37)39-22)29-28(36)30-27-23(43(17(3)31(38)44)16(2)14-45-32(27)41-29)11-25(40-30)46-15-33-8-5-9-42(33)13-18(34)12-33/h6-7,10-11,16-18H,4-5,8-9,12-15H2,1-3H3,(H2,37,39)(H2,38,44)/t16-,17+,18+,33-/m0/s1. The van der Waals surface area contributed by atoms with Crippen molar-refractivity contribution < 1.29 is 27.4 Å². The highest BCUT2D eigenvalue weighted by molar-refractivity contribution is 6.04. The molecule has 4 aromatic rings. The smallest absolute Gasteiger partial charge is 0.239 e. The summed E-state index contributed by atoms with van der Waals surface area (Å²) in [5.74, 6) is -1.56. The lowest BCUT2D eigenvalue weighted by Gasteiger charge is -2.34. The first-order chi connectivity index (χ1) is 22.0. The van der Waals surface area contributed by atoms with Gasteiger partial charge in [0.15, 0.2) is 5.82 Å². The number of carbonyl (C=O) groups excluding carboxylic acids is 1. The van der Waals surface area contributed by atoms with Crippen molar-refractivity contribution in [3.8, 4) is 23.0 Å². The molecule has 13 heteroatoms. The van der Waals surface area contributed by atoms with E-state index in [0.29, 0.717) is 41.5 Å². The van der Waals surface area contributed by atoms with Gasteiger partial charge in [-0.3, -0.25) is 9.69 Å². The van der Waals surface area contributed by atoms with Crippen molar-refractivity contribution in [3.63, 3.8) is 0 Å². The molecular formula is C33H36F3N7O3. The Bertz CT molecular complexity index is 1890. The van der Waals surface area contributed by atoms with E-state index in [-0.39, 0.29) is 59.0 Å². The number of halogens is 3. The Morgan fingerprint density at radius 3 is 2.78 bits per heavy atom. The molecule has 6 heterocycles. The van der Waals surface area contributed by atoms with E-state index in [0.717, 1.165) is 19.4 Å². The lowest BCUT2D eigenvalue weighted by Crippen LogP contribution is -2.49. The maximum absolute atomic E-state index is 17.0. The summed E-state index contributed by atoms with van der Waals surface area (Å²) in [5.41, 5.74) is 12.6. The number of nitrogens with zero attached hydrogens (tertiary/aromatic N) is 5. The molecule has 3 aliphatic heterocycles. The minimum Gasteiger partial charge on any atom is -0.476 e. The van der Waals surface area contributed by atoms with Crippen LogP contribution in [0, 0.1) is 11.6 Å². The van der Waals surface area contributed by atoms with Crippen LogP contribution < -0.4 is 25.8 Å². The number of nitrogen functional groups attached to an aromatic ring is 1. The van der Waals surface area contributed by atoms with Crippen LogP contribution in [0.4, 0.5) is 24.7 Å². The number of rotatable bonds is 7. The molecule has 4 atom stereocenters. The number of nitrogens with two attached hydrogens (primary N) is 2. The zero-order valence-corrected chi connectivity index (χ0v) is 25.9. The Kier molecular flexibility index (Phi) is 7.33. The number of amides is 1. The Balaban J connectivity index is 1.46. The summed E-state index contributed by atoms with van der Waals surface area (Å²) in [7, 11) is 0. The normalized spacial score (nSPS) is 23.4. The van der Waals surface area contributed by atoms with Crippen LogP contribution in [0.2, 0.25) is 0 Å². The first-order valence-electron chi connectivity index (χ1n) is 15.7. The zero-order chi connectivity index (χ0) is 32.5. The minimum absolute atomic E-state index is 0.0843. The largest absolute Gasteiger partial charge is 0.476 e. The Hall–Kier alpha value is -4.39. The highest BCUT2D eigenvalue weighted by atomic mass is 19.1. The van der Waals surface area contributed by atoms with Gasteiger partial charge in [-0.25, -0.2) is 28.1 Å². The number of ether oxygens (including phenoxy) is 2. The molecule has 0 unspecified atom stereocenters. The van der Waals surface area contributed by atoms with E-state index in [9.17, 15) is 9.18 Å². The van der Waals surface area contributed by atoms with Crippen molar-refractivity contribution in [2.45, 2.75) is 70.2 Å². The second kappa shape index (κ2) is 11.1. The van der Waals surface area contributed by atoms with Gasteiger partial charge in [-0.1, -0.05) is 6.92 Å². The molecule has 7 rings (SSSR count). The van der Waals surface area contributed by atoms with Crippen molar-refractivity contribution in [1.82, 2.24) is 19.9 Å². The number of hydrogen-bond donors (Lipinski definition) is 2. The quantitative estimate of drug-likeness (QED) is 0.297. The third kappa shape index (κ3) is 4.74. The van der Waals surface area contributed by atoms with Crippen LogP contribution in [-0.4, -0.2) is 75.9 Å². The van der Waals surface area contributed by atoms with Crippen molar-refractivity contribution in [2.24, 2.45) is 5.73 Å². The van der Waals surface area contributed by atoms with E-state index in [1.807, 2.05) is 6.92 Å². The first kappa shape index (κ1) is 30.3. The molecule has 4 N–H and O–H groups in total. The molecule has 0 spiro atoms. The predicted octanol–water partition coefficient (Wildman–Crippen LogP) is 4.68. The van der Waals surface area contributed by atoms with Gasteiger partial charge in [0.25, 0.3) is 0 Å². The van der Waals surface area contributed by atoms with Crippen LogP contribution in [0.1, 0.15) is 45.6 Å². The third-order valence-corrected chi connectivity index (χ3v) is 9.76. The molecule has 2 fully saturated rings. The number of anilines is 2. The molecule has 1 aromatic carbocycles. The summed E-state index contributed by atoms with van der Waals surface area (Å²) in [5, 5.41) is 0.625. The molecular weight excluding hydrogens is 599 g/mol. The molecule has 1 amide bonds. The van der Waals surface area contributed by atoms with Gasteiger partial charge in [0.2, 0.25) is 17.7 Å². The van der Waals surface area contributed by atoms with E-state index < -0.39 is 35.3 Å². The summed E-state index contributed by atoms with van der Waals surface area (Å²) < 4.78 is 59.0. The lowest BCUT2D eigenvalue weighted by atomic mass is 9.95. The second-order valence-electron chi connectivity index (χ2n) is 12.7. The van der Waals surface area contributed by atoms with E-state index >= 15 is 8.78 Å². The molecule has 46 heavy (non-hydrogen) atoms. The van der Waals surface area contributed by atoms with Gasteiger partial charge in [-0.05, 0) is 63.4 Å². The second-order valence-corrected chi connectivity index (χ2v) is 12.7. The van der Waals surface area contributed by atoms with Gasteiger partial charge >= 0.3 is 0 Å². The monoisotopic (exact) mass is 635 g/mol. The van der Waals surface area contributed by atoms with Crippen molar-refractivity contribution >= 4 is 39.2 Å². The number of benzene rings is 1. The molecule has 0 aliphatic carbocycles. The van der Waals surface area contributed by atoms with E-state index in [4.69, 9.17) is 20.9 Å². The van der Waals surface area contributed by atoms with Gasteiger partial charge in [0.1, 0.15) is 48.3 Å². The molecule has 10 nitrogen and oxygen atoms in total. The number of fused-ring (bicyclic) bond motifs is 2. The number of primary amides is 1. The van der Waals surface area contributed by atoms with Crippen LogP contribution in [0.15, 0.2) is 24.3 Å². The Morgan fingerprint density at radius 1 is 1.22 bits per heavy atom. The molecule has 242 valence electrons. The molecule has 3 aromatic heterocycles. The number of alkyl halides is 1. The average Bonchev–Trinajstić information content (AvgIpc) is 3.50. The van der Waals surface area contributed by atoms with Gasteiger partial charge in [-0.2, -0.15) is 0 Å². The molecule has 3 aliphatic rings. The summed E-state index contributed by atoms with van der Waals surface area (Å²) in [6, 6.07) is 4.74. The topological polar surface area (TPSA) is 133 Å². The van der Waals surface area contributed by atoms with Crippen LogP contribution in [-0.2, 0) is 11.2 Å². The average molecular weight is 636 g/mol. The highest BCUT2D eigenvalue weighted by Crippen LogP contribution is 2.45. The highest BCUT2D eigenvalue weighted by Gasteiger charge is 2.49. The van der Waals surface area contributed by atoms with E-state index in [1.165, 1.54) is 18.2 Å².